The quantitative estimate of drug-likeness (QED) is 0.729. The van der Waals surface area contributed by atoms with Crippen LogP contribution in [0.5, 0.6) is 0 Å². The molecule has 1 aromatic rings. The van der Waals surface area contributed by atoms with Gasteiger partial charge in [0.15, 0.2) is 0 Å². The van der Waals surface area contributed by atoms with Crippen LogP contribution in [0.15, 0.2) is 30.3 Å². The molecule has 0 aromatic heterocycles. The summed E-state index contributed by atoms with van der Waals surface area (Å²) >= 11 is 0. The second-order valence-corrected chi connectivity index (χ2v) is 3.69. The fraction of sp³-hybridized carbons (Fsp3) is 0.455. The molecule has 0 radical (unpaired) electrons. The zero-order chi connectivity index (χ0) is 10.0. The Morgan fingerprint density at radius 2 is 1.93 bits per heavy atom. The third-order valence-electron chi connectivity index (χ3n) is 2.68. The summed E-state index contributed by atoms with van der Waals surface area (Å²) in [6.07, 6.45) is 0.511. The number of rotatable bonds is 1. The predicted octanol–water partition coefficient (Wildman–Crippen LogP) is 2.40. The van der Waals surface area contributed by atoms with Crippen molar-refractivity contribution in [1.82, 2.24) is 5.32 Å². The molecular weight excluding hydrogens is 184 g/mol. The van der Waals surface area contributed by atoms with Gasteiger partial charge in [-0.3, -0.25) is 0 Å². The van der Waals surface area contributed by atoms with Gasteiger partial charge in [-0.05, 0) is 18.5 Å². The number of halogens is 2. The van der Waals surface area contributed by atoms with Crippen LogP contribution >= 0.6 is 0 Å². The molecule has 0 unspecified atom stereocenters. The van der Waals surface area contributed by atoms with E-state index in [4.69, 9.17) is 0 Å². The molecular formula is C11H13F2N. The first-order chi connectivity index (χ1) is 6.70. The standard InChI is InChI=1S/C11H13F2N/c12-11(13)8-14-7-6-10(11)9-4-2-1-3-5-9/h1-5,10,14H,6-8H2/t10-/m0/s1. The van der Waals surface area contributed by atoms with Gasteiger partial charge in [0.1, 0.15) is 0 Å². The summed E-state index contributed by atoms with van der Waals surface area (Å²) in [7, 11) is 0. The highest BCUT2D eigenvalue weighted by Gasteiger charge is 2.42. The molecule has 76 valence electrons. The Bertz CT molecular complexity index is 297. The van der Waals surface area contributed by atoms with Crippen LogP contribution in [0.4, 0.5) is 8.78 Å². The topological polar surface area (TPSA) is 12.0 Å². The lowest BCUT2D eigenvalue weighted by Crippen LogP contribution is -2.44. The van der Waals surface area contributed by atoms with Gasteiger partial charge >= 0.3 is 0 Å². The van der Waals surface area contributed by atoms with E-state index in [0.717, 1.165) is 5.56 Å². The third kappa shape index (κ3) is 1.77. The second kappa shape index (κ2) is 3.65. The number of benzene rings is 1. The van der Waals surface area contributed by atoms with E-state index in [9.17, 15) is 8.78 Å². The molecule has 1 fully saturated rings. The number of hydrogen-bond donors (Lipinski definition) is 1. The minimum atomic E-state index is -2.61. The largest absolute Gasteiger partial charge is 0.311 e. The fourth-order valence-electron chi connectivity index (χ4n) is 1.93. The summed E-state index contributed by atoms with van der Waals surface area (Å²) in [6, 6.07) is 9.04. The minimum absolute atomic E-state index is 0.202. The average Bonchev–Trinajstić information content (AvgIpc) is 2.18. The molecule has 2 rings (SSSR count). The van der Waals surface area contributed by atoms with Crippen LogP contribution < -0.4 is 5.32 Å². The van der Waals surface area contributed by atoms with Crippen molar-refractivity contribution in [3.63, 3.8) is 0 Å². The maximum absolute atomic E-state index is 13.5. The van der Waals surface area contributed by atoms with Gasteiger partial charge in [-0.25, -0.2) is 8.78 Å². The maximum atomic E-state index is 13.5. The molecule has 1 heterocycles. The summed E-state index contributed by atoms with van der Waals surface area (Å²) in [5, 5.41) is 2.72. The van der Waals surface area contributed by atoms with Gasteiger partial charge in [-0.1, -0.05) is 30.3 Å². The van der Waals surface area contributed by atoms with Crippen LogP contribution in [0.3, 0.4) is 0 Å². The molecule has 1 nitrogen and oxygen atoms in total. The molecule has 1 N–H and O–H groups in total. The summed E-state index contributed by atoms with van der Waals surface area (Å²) in [5.74, 6) is -3.23. The zero-order valence-electron chi connectivity index (χ0n) is 7.84. The fourth-order valence-corrected chi connectivity index (χ4v) is 1.93. The minimum Gasteiger partial charge on any atom is -0.311 e. The van der Waals surface area contributed by atoms with E-state index in [-0.39, 0.29) is 6.54 Å². The summed E-state index contributed by atoms with van der Waals surface area (Å²) in [4.78, 5) is 0. The lowest BCUT2D eigenvalue weighted by molar-refractivity contribution is -0.0420. The normalized spacial score (nSPS) is 26.0. The molecule has 0 aliphatic carbocycles. The summed E-state index contributed by atoms with van der Waals surface area (Å²) in [6.45, 7) is 0.474. The van der Waals surface area contributed by atoms with Crippen molar-refractivity contribution in [2.45, 2.75) is 18.3 Å². The lowest BCUT2D eigenvalue weighted by Gasteiger charge is -2.32. The van der Waals surface area contributed by atoms with Gasteiger partial charge in [0.25, 0.3) is 5.92 Å². The summed E-state index contributed by atoms with van der Waals surface area (Å²) in [5.41, 5.74) is 0.749. The Balaban J connectivity index is 2.24. The van der Waals surface area contributed by atoms with Crippen LogP contribution in [0, 0.1) is 0 Å². The van der Waals surface area contributed by atoms with Crippen LogP contribution in [0.25, 0.3) is 0 Å². The first-order valence-corrected chi connectivity index (χ1v) is 4.83. The first-order valence-electron chi connectivity index (χ1n) is 4.83. The molecule has 3 heteroatoms. The van der Waals surface area contributed by atoms with E-state index in [1.807, 2.05) is 18.2 Å². The number of nitrogens with one attached hydrogen (secondary N) is 1. The molecule has 1 aliphatic rings. The third-order valence-corrected chi connectivity index (χ3v) is 2.68. The number of alkyl halides is 2. The monoisotopic (exact) mass is 197 g/mol. The second-order valence-electron chi connectivity index (χ2n) is 3.69. The zero-order valence-corrected chi connectivity index (χ0v) is 7.84. The van der Waals surface area contributed by atoms with Crippen molar-refractivity contribution in [3.05, 3.63) is 35.9 Å². The van der Waals surface area contributed by atoms with Crippen molar-refractivity contribution in [3.8, 4) is 0 Å². The predicted molar refractivity (Wildman–Crippen MR) is 51.6 cm³/mol. The molecule has 1 aromatic carbocycles. The molecule has 0 bridgehead atoms. The Hall–Kier alpha value is -0.960. The average molecular weight is 197 g/mol. The van der Waals surface area contributed by atoms with Crippen LogP contribution in [-0.4, -0.2) is 19.0 Å². The van der Waals surface area contributed by atoms with Gasteiger partial charge in [-0.15, -0.1) is 0 Å². The molecule has 0 amide bonds. The van der Waals surface area contributed by atoms with Crippen molar-refractivity contribution in [2.24, 2.45) is 0 Å². The molecule has 1 aliphatic heterocycles. The van der Waals surface area contributed by atoms with Crippen molar-refractivity contribution in [2.75, 3.05) is 13.1 Å². The number of hydrogen-bond acceptors (Lipinski definition) is 1. The van der Waals surface area contributed by atoms with Crippen molar-refractivity contribution >= 4 is 0 Å². The Labute approximate surface area is 82.1 Å². The van der Waals surface area contributed by atoms with E-state index in [2.05, 4.69) is 5.32 Å². The van der Waals surface area contributed by atoms with E-state index < -0.39 is 11.8 Å². The molecule has 0 spiro atoms. The highest BCUT2D eigenvalue weighted by molar-refractivity contribution is 5.22. The lowest BCUT2D eigenvalue weighted by atomic mass is 9.87. The SMILES string of the molecule is FC1(F)CNCC[C@H]1c1ccccc1. The summed E-state index contributed by atoms with van der Waals surface area (Å²) < 4.78 is 27.0. The van der Waals surface area contributed by atoms with Crippen molar-refractivity contribution in [1.29, 1.82) is 0 Å². The molecule has 1 atom stereocenters. The van der Waals surface area contributed by atoms with E-state index >= 15 is 0 Å². The van der Waals surface area contributed by atoms with E-state index in [1.54, 1.807) is 12.1 Å². The van der Waals surface area contributed by atoms with E-state index in [1.165, 1.54) is 0 Å². The highest BCUT2D eigenvalue weighted by Crippen LogP contribution is 2.37. The van der Waals surface area contributed by atoms with Gasteiger partial charge in [0.05, 0.1) is 12.5 Å². The van der Waals surface area contributed by atoms with Crippen molar-refractivity contribution < 1.29 is 8.78 Å². The number of piperidine rings is 1. The highest BCUT2D eigenvalue weighted by atomic mass is 19.3. The maximum Gasteiger partial charge on any atom is 0.267 e. The molecule has 0 saturated carbocycles. The molecule has 1 saturated heterocycles. The van der Waals surface area contributed by atoms with Gasteiger partial charge in [0.2, 0.25) is 0 Å². The van der Waals surface area contributed by atoms with Crippen LogP contribution in [-0.2, 0) is 0 Å². The van der Waals surface area contributed by atoms with Gasteiger partial charge in [0, 0.05) is 0 Å². The molecule has 14 heavy (non-hydrogen) atoms. The van der Waals surface area contributed by atoms with Gasteiger partial charge < -0.3 is 5.32 Å². The van der Waals surface area contributed by atoms with Gasteiger partial charge in [-0.2, -0.15) is 0 Å². The Morgan fingerprint density at radius 1 is 1.21 bits per heavy atom. The van der Waals surface area contributed by atoms with E-state index in [0.29, 0.717) is 13.0 Å². The Morgan fingerprint density at radius 3 is 2.57 bits per heavy atom. The Kier molecular flexibility index (Phi) is 2.50. The first kappa shape index (κ1) is 9.59. The smallest absolute Gasteiger partial charge is 0.267 e. The van der Waals surface area contributed by atoms with Crippen LogP contribution in [0.2, 0.25) is 0 Å². The van der Waals surface area contributed by atoms with Crippen LogP contribution in [0.1, 0.15) is 17.9 Å².